The SMILES string of the molecule is CC(C)(C)[C@H]1CCc2c(sc(NC(=S)NC(=O)c3ccc(Cl)c(Cl)c3)c2C(N)=O)C1. The molecular weight excluding hydrogens is 461 g/mol. The number of rotatable bonds is 3. The first-order valence-corrected chi connectivity index (χ1v) is 11.5. The molecule has 0 fully saturated rings. The smallest absolute Gasteiger partial charge is 0.257 e. The molecule has 5 nitrogen and oxygen atoms in total. The summed E-state index contributed by atoms with van der Waals surface area (Å²) in [6, 6.07) is 4.56. The fourth-order valence-electron chi connectivity index (χ4n) is 3.62. The van der Waals surface area contributed by atoms with E-state index in [0.717, 1.165) is 29.7 Å². The molecule has 0 aliphatic heterocycles. The molecule has 2 aromatic rings. The average molecular weight is 484 g/mol. The molecule has 4 N–H and O–H groups in total. The Labute approximate surface area is 195 Å². The zero-order valence-electron chi connectivity index (χ0n) is 16.9. The number of anilines is 1. The van der Waals surface area contributed by atoms with Gasteiger partial charge in [-0.3, -0.25) is 14.9 Å². The van der Waals surface area contributed by atoms with Gasteiger partial charge in [0, 0.05) is 10.4 Å². The topological polar surface area (TPSA) is 84.2 Å². The molecular formula is C21H23Cl2N3O2S2. The number of benzene rings is 1. The zero-order chi connectivity index (χ0) is 22.2. The molecule has 160 valence electrons. The number of carbonyl (C=O) groups excluding carboxylic acids is 2. The number of halogens is 2. The zero-order valence-corrected chi connectivity index (χ0v) is 20.0. The molecule has 1 heterocycles. The van der Waals surface area contributed by atoms with Gasteiger partial charge in [0.25, 0.3) is 11.8 Å². The van der Waals surface area contributed by atoms with Crippen molar-refractivity contribution in [1.29, 1.82) is 0 Å². The molecule has 1 aliphatic carbocycles. The van der Waals surface area contributed by atoms with Gasteiger partial charge in [-0.05, 0) is 66.6 Å². The number of thiophene rings is 1. The molecule has 9 heteroatoms. The monoisotopic (exact) mass is 483 g/mol. The van der Waals surface area contributed by atoms with Crippen LogP contribution in [0.4, 0.5) is 5.00 Å². The number of carbonyl (C=O) groups is 2. The van der Waals surface area contributed by atoms with Gasteiger partial charge >= 0.3 is 0 Å². The predicted molar refractivity (Wildman–Crippen MR) is 128 cm³/mol. The van der Waals surface area contributed by atoms with Crippen molar-refractivity contribution < 1.29 is 9.59 Å². The molecule has 0 unspecified atom stereocenters. The highest BCUT2D eigenvalue weighted by molar-refractivity contribution is 7.80. The number of primary amides is 1. The Morgan fingerprint density at radius 1 is 1.23 bits per heavy atom. The van der Waals surface area contributed by atoms with Gasteiger partial charge in [0.1, 0.15) is 5.00 Å². The number of nitrogens with two attached hydrogens (primary N) is 1. The van der Waals surface area contributed by atoms with E-state index in [2.05, 4.69) is 31.4 Å². The van der Waals surface area contributed by atoms with Crippen LogP contribution in [0.2, 0.25) is 10.0 Å². The largest absolute Gasteiger partial charge is 0.365 e. The van der Waals surface area contributed by atoms with Crippen LogP contribution in [0.1, 0.15) is 58.3 Å². The fourth-order valence-corrected chi connectivity index (χ4v) is 5.52. The summed E-state index contributed by atoms with van der Waals surface area (Å²) < 4.78 is 0. The van der Waals surface area contributed by atoms with E-state index in [1.165, 1.54) is 17.4 Å². The second-order valence-corrected chi connectivity index (χ2v) is 10.7. The fraction of sp³-hybridized carbons (Fsp3) is 0.381. The Morgan fingerprint density at radius 2 is 1.93 bits per heavy atom. The third kappa shape index (κ3) is 4.97. The maximum atomic E-state index is 12.4. The van der Waals surface area contributed by atoms with Gasteiger partial charge in [-0.2, -0.15) is 0 Å². The first kappa shape index (κ1) is 23.0. The lowest BCUT2D eigenvalue weighted by Gasteiger charge is -2.33. The molecule has 1 aromatic carbocycles. The van der Waals surface area contributed by atoms with E-state index in [1.54, 1.807) is 12.1 Å². The van der Waals surface area contributed by atoms with E-state index in [4.69, 9.17) is 41.2 Å². The van der Waals surface area contributed by atoms with Gasteiger partial charge in [-0.15, -0.1) is 11.3 Å². The standard InChI is InChI=1S/C21H23Cl2N3O2S2/c1-21(2,3)11-5-6-12-15(9-11)30-19(16(12)17(24)27)26-20(29)25-18(28)10-4-7-13(22)14(23)8-10/h4,7-8,11H,5-6,9H2,1-3H3,(H2,24,27)(H2,25,26,28,29)/t11-/m0/s1. The van der Waals surface area contributed by atoms with Gasteiger partial charge in [0.15, 0.2) is 5.11 Å². The van der Waals surface area contributed by atoms with Crippen molar-refractivity contribution in [1.82, 2.24) is 5.32 Å². The molecule has 3 rings (SSSR count). The minimum atomic E-state index is -0.497. The molecule has 1 aromatic heterocycles. The summed E-state index contributed by atoms with van der Waals surface area (Å²) in [4.78, 5) is 25.8. The van der Waals surface area contributed by atoms with E-state index in [1.807, 2.05) is 0 Å². The Balaban J connectivity index is 1.78. The molecule has 1 aliphatic rings. The lowest BCUT2D eigenvalue weighted by molar-refractivity contribution is 0.0975. The van der Waals surface area contributed by atoms with E-state index >= 15 is 0 Å². The highest BCUT2D eigenvalue weighted by Crippen LogP contribution is 2.44. The van der Waals surface area contributed by atoms with Crippen molar-refractivity contribution in [3.63, 3.8) is 0 Å². The molecule has 1 atom stereocenters. The number of fused-ring (bicyclic) bond motifs is 1. The number of hydrogen-bond acceptors (Lipinski definition) is 4. The quantitative estimate of drug-likeness (QED) is 0.507. The van der Waals surface area contributed by atoms with E-state index in [0.29, 0.717) is 27.1 Å². The van der Waals surface area contributed by atoms with Crippen LogP contribution < -0.4 is 16.4 Å². The maximum absolute atomic E-state index is 12.4. The second kappa shape index (κ2) is 8.83. The van der Waals surface area contributed by atoms with E-state index in [9.17, 15) is 9.59 Å². The first-order valence-electron chi connectivity index (χ1n) is 9.49. The van der Waals surface area contributed by atoms with Crippen LogP contribution in [-0.2, 0) is 12.8 Å². The third-order valence-electron chi connectivity index (χ3n) is 5.37. The van der Waals surface area contributed by atoms with E-state index in [-0.39, 0.29) is 15.6 Å². The summed E-state index contributed by atoms with van der Waals surface area (Å²) >= 11 is 18.6. The van der Waals surface area contributed by atoms with Crippen LogP contribution in [0.5, 0.6) is 0 Å². The van der Waals surface area contributed by atoms with Crippen LogP contribution in [0.3, 0.4) is 0 Å². The van der Waals surface area contributed by atoms with Crippen LogP contribution in [0, 0.1) is 11.3 Å². The maximum Gasteiger partial charge on any atom is 0.257 e. The summed E-state index contributed by atoms with van der Waals surface area (Å²) in [7, 11) is 0. The highest BCUT2D eigenvalue weighted by atomic mass is 35.5. The second-order valence-electron chi connectivity index (χ2n) is 8.42. The molecule has 0 radical (unpaired) electrons. The van der Waals surface area contributed by atoms with Gasteiger partial charge in [-0.25, -0.2) is 0 Å². The highest BCUT2D eigenvalue weighted by Gasteiger charge is 2.33. The minimum absolute atomic E-state index is 0.0829. The number of nitrogens with one attached hydrogen (secondary N) is 2. The van der Waals surface area contributed by atoms with Crippen LogP contribution in [0.25, 0.3) is 0 Å². The van der Waals surface area contributed by atoms with Crippen molar-refractivity contribution in [2.45, 2.75) is 40.0 Å². The molecule has 0 spiro atoms. The summed E-state index contributed by atoms with van der Waals surface area (Å²) in [6.07, 6.45) is 2.70. The Morgan fingerprint density at radius 3 is 2.53 bits per heavy atom. The Hall–Kier alpha value is -1.67. The third-order valence-corrected chi connectivity index (χ3v) is 7.49. The number of thiocarbonyl (C=S) groups is 1. The summed E-state index contributed by atoms with van der Waals surface area (Å²) in [5.74, 6) is -0.401. The molecule has 0 bridgehead atoms. The van der Waals surface area contributed by atoms with Crippen molar-refractivity contribution in [3.05, 3.63) is 49.8 Å². The molecule has 0 saturated carbocycles. The van der Waals surface area contributed by atoms with Gasteiger partial charge in [0.2, 0.25) is 0 Å². The molecule has 30 heavy (non-hydrogen) atoms. The number of amides is 2. The average Bonchev–Trinajstić information content (AvgIpc) is 2.99. The Kier molecular flexibility index (Phi) is 6.77. The van der Waals surface area contributed by atoms with Crippen molar-refractivity contribution >= 4 is 68.7 Å². The molecule has 0 saturated heterocycles. The van der Waals surface area contributed by atoms with Crippen LogP contribution >= 0.6 is 46.8 Å². The van der Waals surface area contributed by atoms with Crippen molar-refractivity contribution in [2.75, 3.05) is 5.32 Å². The summed E-state index contributed by atoms with van der Waals surface area (Å²) in [6.45, 7) is 6.70. The predicted octanol–water partition coefficient (Wildman–Crippen LogP) is 5.43. The lowest BCUT2D eigenvalue weighted by Crippen LogP contribution is -2.34. The minimum Gasteiger partial charge on any atom is -0.365 e. The summed E-state index contributed by atoms with van der Waals surface area (Å²) in [5, 5.41) is 6.88. The molecule has 2 amide bonds. The van der Waals surface area contributed by atoms with Crippen LogP contribution in [0.15, 0.2) is 18.2 Å². The van der Waals surface area contributed by atoms with Crippen molar-refractivity contribution in [2.24, 2.45) is 17.1 Å². The normalized spacial score (nSPS) is 16.0. The van der Waals surface area contributed by atoms with Gasteiger partial charge in [-0.1, -0.05) is 44.0 Å². The van der Waals surface area contributed by atoms with E-state index < -0.39 is 11.8 Å². The van der Waals surface area contributed by atoms with Gasteiger partial charge < -0.3 is 11.1 Å². The van der Waals surface area contributed by atoms with Crippen molar-refractivity contribution in [3.8, 4) is 0 Å². The Bertz CT molecular complexity index is 1030. The number of hydrogen-bond donors (Lipinski definition) is 3. The first-order chi connectivity index (χ1) is 14.0. The summed E-state index contributed by atoms with van der Waals surface area (Å²) in [5.41, 5.74) is 7.64. The van der Waals surface area contributed by atoms with Gasteiger partial charge in [0.05, 0.1) is 15.6 Å². The van der Waals surface area contributed by atoms with Crippen LogP contribution in [-0.4, -0.2) is 16.9 Å². The lowest BCUT2D eigenvalue weighted by atomic mass is 9.72.